The lowest BCUT2D eigenvalue weighted by Crippen LogP contribution is -2.05. The lowest BCUT2D eigenvalue weighted by molar-refractivity contribution is -0.137. The van der Waals surface area contributed by atoms with Gasteiger partial charge in [-0.3, -0.25) is 0 Å². The van der Waals surface area contributed by atoms with Crippen LogP contribution in [0.1, 0.15) is 34.4 Å². The average Bonchev–Trinajstić information content (AvgIpc) is 3.82. The van der Waals surface area contributed by atoms with Crippen LogP contribution in [-0.2, 0) is 6.18 Å². The fraction of sp³-hybridized carbons (Fsp3) is 0.109. The zero-order valence-electron chi connectivity index (χ0n) is 36.9. The van der Waals surface area contributed by atoms with E-state index in [4.69, 9.17) is 6.57 Å². The van der Waals surface area contributed by atoms with Gasteiger partial charge in [-0.15, -0.1) is 0 Å². The highest BCUT2D eigenvalue weighted by molar-refractivity contribution is 6.12. The summed E-state index contributed by atoms with van der Waals surface area (Å²) in [6.07, 6.45) is -4.54. The van der Waals surface area contributed by atoms with Crippen molar-refractivity contribution in [2.45, 2.75) is 40.8 Å². The highest BCUT2D eigenvalue weighted by Gasteiger charge is 2.31. The molecule has 67 heavy (non-hydrogen) atoms. The summed E-state index contributed by atoms with van der Waals surface area (Å²) in [4.78, 5) is 31.4. The molecule has 0 saturated heterocycles. The third-order valence-corrected chi connectivity index (χ3v) is 12.2. The van der Waals surface area contributed by atoms with Gasteiger partial charge in [0, 0.05) is 38.4 Å². The summed E-state index contributed by atoms with van der Waals surface area (Å²) in [5.41, 5.74) is 9.33. The molecule has 0 N–H and O–H groups in total. The van der Waals surface area contributed by atoms with Crippen LogP contribution >= 0.6 is 0 Å². The number of fused-ring (bicyclic) bond motifs is 6. The number of nitrogens with zero attached hydrogens (tertiary/aromatic N) is 9. The van der Waals surface area contributed by atoms with Crippen LogP contribution in [-0.4, -0.2) is 39.0 Å². The summed E-state index contributed by atoms with van der Waals surface area (Å²) in [6, 6.07) is 44.2. The van der Waals surface area contributed by atoms with E-state index >= 15 is 0 Å². The molecule has 0 atom stereocenters. The Morgan fingerprint density at radius 1 is 0.448 bits per heavy atom. The molecule has 0 saturated carbocycles. The van der Waals surface area contributed by atoms with Crippen molar-refractivity contribution in [1.29, 1.82) is 0 Å². The molecule has 0 bridgehead atoms. The van der Waals surface area contributed by atoms with Gasteiger partial charge in [-0.05, 0) is 147 Å². The topological polar surface area (TPSA) is 91.6 Å². The molecule has 0 amide bonds. The Balaban J connectivity index is 1.17. The molecule has 11 aromatic rings. The van der Waals surface area contributed by atoms with Crippen LogP contribution in [0.5, 0.6) is 0 Å². The first-order valence-corrected chi connectivity index (χ1v) is 21.6. The van der Waals surface area contributed by atoms with Gasteiger partial charge in [0.1, 0.15) is 23.3 Å². The van der Waals surface area contributed by atoms with Gasteiger partial charge in [0.15, 0.2) is 17.3 Å². The first-order chi connectivity index (χ1) is 32.3. The van der Waals surface area contributed by atoms with Gasteiger partial charge >= 0.3 is 6.18 Å². The predicted octanol–water partition coefficient (Wildman–Crippen LogP) is 14.0. The first kappa shape index (κ1) is 41.2. The molecule has 0 unspecified atom stereocenters. The SMILES string of the molecule is [C-]#[N+]c1ccc(-n2c3ccccc3c3cc(-c4nc(C)nc(C)n4)ccc32)cc1-c1cc(-c2cc(C)cc(C(F)(F)F)c2)ccc1-n1c2ccccc2c2cc(-c3nc(C)nc(C)n3)ccc21. The van der Waals surface area contributed by atoms with Gasteiger partial charge in [-0.2, -0.15) is 13.2 Å². The van der Waals surface area contributed by atoms with E-state index in [0.29, 0.717) is 68.5 Å². The quantitative estimate of drug-likeness (QED) is 0.155. The van der Waals surface area contributed by atoms with Gasteiger partial charge < -0.3 is 9.13 Å². The zero-order chi connectivity index (χ0) is 46.3. The maximum Gasteiger partial charge on any atom is 0.416 e. The molecule has 0 aliphatic rings. The molecule has 0 aliphatic heterocycles. The largest absolute Gasteiger partial charge is 0.416 e. The van der Waals surface area contributed by atoms with Crippen molar-refractivity contribution in [3.05, 3.63) is 185 Å². The third-order valence-electron chi connectivity index (χ3n) is 12.2. The maximum atomic E-state index is 14.3. The molecule has 7 aromatic carbocycles. The van der Waals surface area contributed by atoms with Crippen LogP contribution in [0.2, 0.25) is 0 Å². The molecule has 9 nitrogen and oxygen atoms in total. The minimum Gasteiger partial charge on any atom is -0.309 e. The third kappa shape index (κ3) is 7.12. The van der Waals surface area contributed by atoms with Crippen molar-refractivity contribution in [3.8, 4) is 56.4 Å². The van der Waals surface area contributed by atoms with Crippen LogP contribution in [0, 0.1) is 41.2 Å². The van der Waals surface area contributed by atoms with Gasteiger partial charge in [-0.25, -0.2) is 34.7 Å². The van der Waals surface area contributed by atoms with E-state index in [0.717, 1.165) is 72.2 Å². The normalized spacial score (nSPS) is 11.9. The van der Waals surface area contributed by atoms with Crippen molar-refractivity contribution in [2.24, 2.45) is 0 Å². The lowest BCUT2D eigenvalue weighted by atomic mass is 9.94. The minimum absolute atomic E-state index is 0.384. The first-order valence-electron chi connectivity index (χ1n) is 21.6. The number of para-hydroxylation sites is 2. The Morgan fingerprint density at radius 3 is 1.54 bits per heavy atom. The molecule has 12 heteroatoms. The summed E-state index contributed by atoms with van der Waals surface area (Å²) >= 11 is 0. The summed E-state index contributed by atoms with van der Waals surface area (Å²) in [5, 5.41) is 3.96. The number of rotatable bonds is 6. The monoisotopic (exact) mass is 881 g/mol. The van der Waals surface area contributed by atoms with E-state index in [1.165, 1.54) is 6.07 Å². The van der Waals surface area contributed by atoms with Gasteiger partial charge in [0.2, 0.25) is 0 Å². The number of alkyl halides is 3. The number of aryl methyl sites for hydroxylation is 5. The molecule has 324 valence electrons. The van der Waals surface area contributed by atoms with E-state index in [1.54, 1.807) is 13.0 Å². The Labute approximate surface area is 382 Å². The Kier molecular flexibility index (Phi) is 9.56. The molecule has 0 fully saturated rings. The van der Waals surface area contributed by atoms with Crippen LogP contribution in [0.25, 0.3) is 105 Å². The highest BCUT2D eigenvalue weighted by atomic mass is 19.4. The summed E-state index contributed by atoms with van der Waals surface area (Å²) in [5.74, 6) is 3.69. The number of hydrogen-bond acceptors (Lipinski definition) is 6. The molecular weight excluding hydrogens is 844 g/mol. The Hall–Kier alpha value is -8.56. The van der Waals surface area contributed by atoms with Crippen LogP contribution in [0.3, 0.4) is 0 Å². The zero-order valence-corrected chi connectivity index (χ0v) is 36.9. The second-order valence-electron chi connectivity index (χ2n) is 16.8. The summed E-state index contributed by atoms with van der Waals surface area (Å²) < 4.78 is 47.3. The summed E-state index contributed by atoms with van der Waals surface area (Å²) in [7, 11) is 0. The second kappa shape index (κ2) is 15.6. The van der Waals surface area contributed by atoms with Crippen molar-refractivity contribution >= 4 is 49.3 Å². The van der Waals surface area contributed by atoms with E-state index in [-0.39, 0.29) is 0 Å². The lowest BCUT2D eigenvalue weighted by Gasteiger charge is -2.19. The smallest absolute Gasteiger partial charge is 0.309 e. The van der Waals surface area contributed by atoms with E-state index in [1.807, 2.05) is 107 Å². The summed E-state index contributed by atoms with van der Waals surface area (Å²) in [6.45, 7) is 17.6. The molecule has 0 radical (unpaired) electrons. The molecule has 0 spiro atoms. The molecular formula is C55H38F3N9. The number of halogens is 3. The highest BCUT2D eigenvalue weighted by Crippen LogP contribution is 2.44. The van der Waals surface area contributed by atoms with Gasteiger partial charge in [-0.1, -0.05) is 54.6 Å². The molecule has 0 aliphatic carbocycles. The van der Waals surface area contributed by atoms with Crippen LogP contribution in [0.15, 0.2) is 140 Å². The molecule has 11 rings (SSSR count). The second-order valence-corrected chi connectivity index (χ2v) is 16.8. The van der Waals surface area contributed by atoms with Crippen LogP contribution < -0.4 is 0 Å². The Morgan fingerprint density at radius 2 is 0.970 bits per heavy atom. The fourth-order valence-electron chi connectivity index (χ4n) is 9.47. The van der Waals surface area contributed by atoms with Crippen LogP contribution in [0.4, 0.5) is 18.9 Å². The number of hydrogen-bond donors (Lipinski definition) is 0. The minimum atomic E-state index is -4.54. The van der Waals surface area contributed by atoms with Crippen molar-refractivity contribution < 1.29 is 13.2 Å². The Bertz CT molecular complexity index is 3850. The predicted molar refractivity (Wildman–Crippen MR) is 259 cm³/mol. The number of aromatic nitrogens is 8. The molecule has 4 aromatic heterocycles. The number of benzene rings is 7. The van der Waals surface area contributed by atoms with Crippen molar-refractivity contribution in [1.82, 2.24) is 39.0 Å². The van der Waals surface area contributed by atoms with Gasteiger partial charge in [0.05, 0.1) is 39.9 Å². The van der Waals surface area contributed by atoms with E-state index < -0.39 is 11.7 Å². The average molecular weight is 882 g/mol. The van der Waals surface area contributed by atoms with Crippen molar-refractivity contribution in [3.63, 3.8) is 0 Å². The standard InChI is InChI=1S/C55H38F3N9/c1-30-23-38(25-39(24-30)55(56,57)58)35-15-20-52(67-49-14-10-8-12-42(49)45-28-37(17-22-51(45)67)54-64-33(4)61-34(5)65-54)46(26-35)43-29-40(18-19-47(43)59-6)66-48-13-9-7-11-41(48)44-27-36(16-21-50(44)66)53-62-31(2)60-32(3)63-53/h7-29H,1-5H3. The molecule has 4 heterocycles. The van der Waals surface area contributed by atoms with E-state index in [2.05, 4.69) is 86.3 Å². The fourth-order valence-corrected chi connectivity index (χ4v) is 9.47. The van der Waals surface area contributed by atoms with Crippen molar-refractivity contribution in [2.75, 3.05) is 0 Å². The van der Waals surface area contributed by atoms with Gasteiger partial charge in [0.25, 0.3) is 0 Å². The maximum absolute atomic E-state index is 14.3. The van der Waals surface area contributed by atoms with E-state index in [9.17, 15) is 13.2 Å².